The van der Waals surface area contributed by atoms with Gasteiger partial charge in [-0.2, -0.15) is 5.10 Å². The lowest BCUT2D eigenvalue weighted by atomic mass is 10.2. The highest BCUT2D eigenvalue weighted by atomic mass is 16.4. The van der Waals surface area contributed by atoms with Crippen LogP contribution in [0.3, 0.4) is 0 Å². The third-order valence-electron chi connectivity index (χ3n) is 2.32. The van der Waals surface area contributed by atoms with E-state index in [1.807, 2.05) is 13.8 Å². The molecule has 2 aromatic rings. The highest BCUT2D eigenvalue weighted by Crippen LogP contribution is 2.17. The van der Waals surface area contributed by atoms with Gasteiger partial charge in [-0.15, -0.1) is 0 Å². The van der Waals surface area contributed by atoms with Gasteiger partial charge in [0.1, 0.15) is 0 Å². The number of hydrogen-bond donors (Lipinski definition) is 1. The molecule has 5 nitrogen and oxygen atoms in total. The van der Waals surface area contributed by atoms with E-state index in [2.05, 4.69) is 10.1 Å². The van der Waals surface area contributed by atoms with Gasteiger partial charge in [0, 0.05) is 18.1 Å². The van der Waals surface area contributed by atoms with Crippen LogP contribution in [-0.4, -0.2) is 25.8 Å². The Kier molecular flexibility index (Phi) is 2.15. The van der Waals surface area contributed by atoms with Gasteiger partial charge < -0.3 is 5.11 Å². The third kappa shape index (κ3) is 1.45. The number of aryl methyl sites for hydroxylation is 2. The van der Waals surface area contributed by atoms with E-state index in [-0.39, 0.29) is 5.56 Å². The first-order chi connectivity index (χ1) is 7.13. The summed E-state index contributed by atoms with van der Waals surface area (Å²) in [5.74, 6) is -0.965. The second-order valence-electron chi connectivity index (χ2n) is 3.30. The van der Waals surface area contributed by atoms with Crippen LogP contribution in [-0.2, 0) is 6.54 Å². The lowest BCUT2D eigenvalue weighted by Gasteiger charge is -1.97. The molecular weight excluding hydrogens is 194 g/mol. The summed E-state index contributed by atoms with van der Waals surface area (Å²) in [5, 5.41) is 13.9. The fourth-order valence-electron chi connectivity index (χ4n) is 1.55. The first-order valence-corrected chi connectivity index (χ1v) is 4.70. The predicted octanol–water partition coefficient (Wildman–Crippen LogP) is 1.46. The number of aromatic nitrogens is 3. The molecule has 78 valence electrons. The second kappa shape index (κ2) is 3.34. The number of fused-ring (bicyclic) bond motifs is 1. The van der Waals surface area contributed by atoms with Crippen molar-refractivity contribution in [1.82, 2.24) is 14.8 Å². The molecule has 0 atom stereocenters. The van der Waals surface area contributed by atoms with Crippen LogP contribution in [0, 0.1) is 6.92 Å². The molecule has 2 heterocycles. The van der Waals surface area contributed by atoms with E-state index >= 15 is 0 Å². The summed E-state index contributed by atoms with van der Waals surface area (Å²) in [6.07, 6.45) is 1.36. The van der Waals surface area contributed by atoms with Crippen molar-refractivity contribution in [2.75, 3.05) is 0 Å². The summed E-state index contributed by atoms with van der Waals surface area (Å²) >= 11 is 0. The number of carbonyl (C=O) groups is 1. The van der Waals surface area contributed by atoms with Crippen molar-refractivity contribution in [3.05, 3.63) is 23.5 Å². The van der Waals surface area contributed by atoms with Gasteiger partial charge in [-0.3, -0.25) is 0 Å². The van der Waals surface area contributed by atoms with Gasteiger partial charge in [0.2, 0.25) is 0 Å². The van der Waals surface area contributed by atoms with Gasteiger partial charge in [0.25, 0.3) is 0 Å². The van der Waals surface area contributed by atoms with Crippen molar-refractivity contribution in [1.29, 1.82) is 0 Å². The SMILES string of the molecule is CCn1nc(C)c2cc(C(=O)O)cnc21. The number of pyridine rings is 1. The van der Waals surface area contributed by atoms with Crippen molar-refractivity contribution in [2.45, 2.75) is 20.4 Å². The van der Waals surface area contributed by atoms with Crippen LogP contribution in [0.5, 0.6) is 0 Å². The number of carboxylic acids is 1. The molecule has 0 saturated heterocycles. The van der Waals surface area contributed by atoms with E-state index in [1.54, 1.807) is 10.7 Å². The summed E-state index contributed by atoms with van der Waals surface area (Å²) in [4.78, 5) is 14.9. The maximum Gasteiger partial charge on any atom is 0.337 e. The smallest absolute Gasteiger partial charge is 0.337 e. The van der Waals surface area contributed by atoms with Crippen molar-refractivity contribution >= 4 is 17.0 Å². The van der Waals surface area contributed by atoms with Crippen molar-refractivity contribution in [2.24, 2.45) is 0 Å². The van der Waals surface area contributed by atoms with E-state index in [0.29, 0.717) is 0 Å². The van der Waals surface area contributed by atoms with Crippen molar-refractivity contribution < 1.29 is 9.90 Å². The Morgan fingerprint density at radius 2 is 2.33 bits per heavy atom. The molecule has 0 unspecified atom stereocenters. The van der Waals surface area contributed by atoms with E-state index in [4.69, 9.17) is 5.11 Å². The molecule has 5 heteroatoms. The van der Waals surface area contributed by atoms with E-state index < -0.39 is 5.97 Å². The molecule has 0 spiro atoms. The first-order valence-electron chi connectivity index (χ1n) is 4.70. The lowest BCUT2D eigenvalue weighted by molar-refractivity contribution is 0.0696. The molecule has 1 N–H and O–H groups in total. The zero-order chi connectivity index (χ0) is 11.0. The molecule has 0 bridgehead atoms. The number of rotatable bonds is 2. The highest BCUT2D eigenvalue weighted by Gasteiger charge is 2.10. The average molecular weight is 205 g/mol. The first kappa shape index (κ1) is 9.64. The van der Waals surface area contributed by atoms with Crippen LogP contribution in [0.1, 0.15) is 23.0 Å². The van der Waals surface area contributed by atoms with Gasteiger partial charge in [0.05, 0.1) is 11.3 Å². The highest BCUT2D eigenvalue weighted by molar-refractivity contribution is 5.92. The number of hydrogen-bond acceptors (Lipinski definition) is 3. The fourth-order valence-corrected chi connectivity index (χ4v) is 1.55. The topological polar surface area (TPSA) is 68.0 Å². The average Bonchev–Trinajstić information content (AvgIpc) is 2.55. The van der Waals surface area contributed by atoms with Gasteiger partial charge in [-0.05, 0) is 19.9 Å². The Bertz CT molecular complexity index is 531. The second-order valence-corrected chi connectivity index (χ2v) is 3.30. The minimum Gasteiger partial charge on any atom is -0.478 e. The van der Waals surface area contributed by atoms with Gasteiger partial charge >= 0.3 is 5.97 Å². The molecule has 0 amide bonds. The molecular formula is C10H11N3O2. The zero-order valence-corrected chi connectivity index (χ0v) is 8.56. The minimum absolute atomic E-state index is 0.196. The molecule has 0 radical (unpaired) electrons. The zero-order valence-electron chi connectivity index (χ0n) is 8.56. The molecule has 0 aliphatic rings. The normalized spacial score (nSPS) is 10.8. The molecule has 0 saturated carbocycles. The molecule has 15 heavy (non-hydrogen) atoms. The van der Waals surface area contributed by atoms with Crippen LogP contribution in [0.2, 0.25) is 0 Å². The fraction of sp³-hybridized carbons (Fsp3) is 0.300. The Hall–Kier alpha value is -1.91. The Balaban J connectivity index is 2.72. The van der Waals surface area contributed by atoms with Gasteiger partial charge in [0.15, 0.2) is 5.65 Å². The van der Waals surface area contributed by atoms with Crippen molar-refractivity contribution in [3.63, 3.8) is 0 Å². The number of carboxylic acid groups (broad SMARTS) is 1. The maximum atomic E-state index is 10.8. The minimum atomic E-state index is -0.965. The number of nitrogens with zero attached hydrogens (tertiary/aromatic N) is 3. The van der Waals surface area contributed by atoms with E-state index in [0.717, 1.165) is 23.3 Å². The summed E-state index contributed by atoms with van der Waals surface area (Å²) in [7, 11) is 0. The van der Waals surface area contributed by atoms with E-state index in [9.17, 15) is 4.79 Å². The molecule has 2 rings (SSSR count). The molecule has 0 fully saturated rings. The van der Waals surface area contributed by atoms with Crippen LogP contribution in [0.25, 0.3) is 11.0 Å². The number of aromatic carboxylic acids is 1. The lowest BCUT2D eigenvalue weighted by Crippen LogP contribution is -2.00. The third-order valence-corrected chi connectivity index (χ3v) is 2.32. The van der Waals surface area contributed by atoms with Gasteiger partial charge in [-0.25, -0.2) is 14.5 Å². The van der Waals surface area contributed by atoms with Crippen LogP contribution < -0.4 is 0 Å². The molecule has 2 aromatic heterocycles. The Morgan fingerprint density at radius 3 is 2.93 bits per heavy atom. The Morgan fingerprint density at radius 1 is 1.60 bits per heavy atom. The largest absolute Gasteiger partial charge is 0.478 e. The van der Waals surface area contributed by atoms with Crippen LogP contribution in [0.15, 0.2) is 12.3 Å². The van der Waals surface area contributed by atoms with Crippen LogP contribution in [0.4, 0.5) is 0 Å². The summed E-state index contributed by atoms with van der Waals surface area (Å²) in [6.45, 7) is 4.55. The maximum absolute atomic E-state index is 10.8. The van der Waals surface area contributed by atoms with Gasteiger partial charge in [-0.1, -0.05) is 0 Å². The summed E-state index contributed by atoms with van der Waals surface area (Å²) in [5.41, 5.74) is 1.74. The standard InChI is InChI=1S/C10H11N3O2/c1-3-13-9-8(6(2)12-13)4-7(5-11-9)10(14)15/h4-5H,3H2,1-2H3,(H,14,15). The van der Waals surface area contributed by atoms with Crippen molar-refractivity contribution in [3.8, 4) is 0 Å². The monoisotopic (exact) mass is 205 g/mol. The molecule has 0 aliphatic heterocycles. The van der Waals surface area contributed by atoms with Crippen LogP contribution >= 0.6 is 0 Å². The predicted molar refractivity (Wildman–Crippen MR) is 54.9 cm³/mol. The molecule has 0 aliphatic carbocycles. The Labute approximate surface area is 86.4 Å². The van der Waals surface area contributed by atoms with E-state index in [1.165, 1.54) is 6.20 Å². The summed E-state index contributed by atoms with van der Waals surface area (Å²) < 4.78 is 1.76. The molecule has 0 aromatic carbocycles. The quantitative estimate of drug-likeness (QED) is 0.805. The summed E-state index contributed by atoms with van der Waals surface area (Å²) in [6, 6.07) is 1.61.